The Labute approximate surface area is 322 Å². The molecular weight excluding hydrogens is 685 g/mol. The summed E-state index contributed by atoms with van der Waals surface area (Å²) in [6.45, 7) is 3.77. The molecule has 4 aromatic carbocycles. The average Bonchev–Trinajstić information content (AvgIpc) is 4.01. The van der Waals surface area contributed by atoms with Gasteiger partial charge in [0.15, 0.2) is 0 Å². The van der Waals surface area contributed by atoms with Gasteiger partial charge in [0.25, 0.3) is 0 Å². The van der Waals surface area contributed by atoms with E-state index in [0.29, 0.717) is 31.3 Å². The van der Waals surface area contributed by atoms with Crippen LogP contribution in [0, 0.1) is 0 Å². The predicted molar refractivity (Wildman–Crippen MR) is 219 cm³/mol. The fourth-order valence-electron chi connectivity index (χ4n) is 6.94. The van der Waals surface area contributed by atoms with Crippen molar-refractivity contribution in [3.63, 3.8) is 0 Å². The summed E-state index contributed by atoms with van der Waals surface area (Å²) in [4.78, 5) is 32.0. The van der Waals surface area contributed by atoms with Crippen molar-refractivity contribution in [2.24, 2.45) is 0 Å². The number of anilines is 2. The van der Waals surface area contributed by atoms with E-state index in [1.54, 1.807) is 12.7 Å². The van der Waals surface area contributed by atoms with E-state index in [0.717, 1.165) is 75.6 Å². The van der Waals surface area contributed by atoms with Crippen LogP contribution in [0.1, 0.15) is 69.4 Å². The molecular formula is C45H48N8O2. The van der Waals surface area contributed by atoms with Crippen molar-refractivity contribution in [3.8, 4) is 22.3 Å². The molecule has 0 aliphatic heterocycles. The fraction of sp³-hybridized carbons (Fsp3) is 0.356. The van der Waals surface area contributed by atoms with Crippen molar-refractivity contribution < 1.29 is 9.53 Å². The van der Waals surface area contributed by atoms with Crippen LogP contribution in [0.25, 0.3) is 44.1 Å². The maximum Gasteiger partial charge on any atom is 0.410 e. The van der Waals surface area contributed by atoms with Gasteiger partial charge >= 0.3 is 6.09 Å². The molecule has 2 heterocycles. The SMILES string of the molecule is CCOC(=O)N(Cc1cccc(-c2ccc3ncnc(NC4CC4)c3c2)c1)C1CC1.c1cc(CNC2CC2)cc(-c2ccc3ncnc(NC4CC4)c3c2)c1. The lowest BCUT2D eigenvalue weighted by atomic mass is 10.0. The molecule has 55 heavy (non-hydrogen) atoms. The second-order valence-electron chi connectivity index (χ2n) is 15.4. The highest BCUT2D eigenvalue weighted by Crippen LogP contribution is 2.34. The van der Waals surface area contributed by atoms with E-state index in [-0.39, 0.29) is 6.09 Å². The first kappa shape index (κ1) is 35.1. The molecule has 0 saturated heterocycles. The molecule has 0 unspecified atom stereocenters. The zero-order valence-corrected chi connectivity index (χ0v) is 31.4. The molecule has 280 valence electrons. The Balaban J connectivity index is 0.000000147. The predicted octanol–water partition coefficient (Wildman–Crippen LogP) is 9.12. The molecule has 1 amide bonds. The monoisotopic (exact) mass is 732 g/mol. The third kappa shape index (κ3) is 8.86. The van der Waals surface area contributed by atoms with Crippen molar-refractivity contribution in [1.82, 2.24) is 30.2 Å². The lowest BCUT2D eigenvalue weighted by Gasteiger charge is -2.22. The number of aromatic nitrogens is 4. The van der Waals surface area contributed by atoms with Crippen LogP contribution in [0.15, 0.2) is 97.6 Å². The molecule has 10 heteroatoms. The second-order valence-corrected chi connectivity index (χ2v) is 15.4. The minimum Gasteiger partial charge on any atom is -0.450 e. The number of nitrogens with zero attached hydrogens (tertiary/aromatic N) is 5. The van der Waals surface area contributed by atoms with E-state index in [2.05, 4.69) is 115 Å². The normalized spacial score (nSPS) is 16.3. The van der Waals surface area contributed by atoms with E-state index in [4.69, 9.17) is 4.74 Å². The number of carbonyl (C=O) groups excluding carboxylic acids is 1. The number of hydrogen-bond acceptors (Lipinski definition) is 9. The Morgan fingerprint density at radius 2 is 1.16 bits per heavy atom. The standard InChI is InChI=1S/C24H26N4O2.C21H22N4/c1-2-30-24(29)28(20-9-10-20)14-16-4-3-5-17(12-16)18-6-11-22-21(13-18)23(26-15-25-22)27-19-7-8-19;1-2-14(12-22-17-5-6-17)10-15(3-1)16-4-9-20-19(11-16)21(24-13-23-20)25-18-7-8-18/h3-6,11-13,15,19-20H,2,7-10,14H2,1H3,(H,25,26,27);1-4,9-11,13,17-18,22H,5-8,12H2,(H,23,24,25). The highest BCUT2D eigenvalue weighted by atomic mass is 16.6. The quantitative estimate of drug-likeness (QED) is 0.107. The molecule has 4 aliphatic rings. The van der Waals surface area contributed by atoms with Gasteiger partial charge in [-0.1, -0.05) is 48.5 Å². The molecule has 3 N–H and O–H groups in total. The number of hydrogen-bond donors (Lipinski definition) is 3. The van der Waals surface area contributed by atoms with E-state index >= 15 is 0 Å². The molecule has 0 atom stereocenters. The molecule has 2 aromatic heterocycles. The Bertz CT molecular complexity index is 2310. The highest BCUT2D eigenvalue weighted by Gasteiger charge is 2.33. The minimum absolute atomic E-state index is 0.218. The molecule has 0 spiro atoms. The van der Waals surface area contributed by atoms with E-state index in [1.807, 2.05) is 17.9 Å². The maximum absolute atomic E-state index is 12.3. The Hall–Kier alpha value is -5.61. The van der Waals surface area contributed by atoms with Crippen molar-refractivity contribution in [3.05, 3.63) is 109 Å². The summed E-state index contributed by atoms with van der Waals surface area (Å²) in [5.41, 5.74) is 9.08. The number of amides is 1. The Kier molecular flexibility index (Phi) is 9.98. The van der Waals surface area contributed by atoms with Gasteiger partial charge in [-0.3, -0.25) is 0 Å². The molecule has 10 rings (SSSR count). The average molecular weight is 733 g/mol. The van der Waals surface area contributed by atoms with Gasteiger partial charge in [-0.05, 0) is 128 Å². The zero-order valence-electron chi connectivity index (χ0n) is 31.4. The molecule has 0 bridgehead atoms. The van der Waals surface area contributed by atoms with Crippen LogP contribution in [0.5, 0.6) is 0 Å². The van der Waals surface area contributed by atoms with E-state index in [9.17, 15) is 4.79 Å². The van der Waals surface area contributed by atoms with E-state index < -0.39 is 0 Å². The number of rotatable bonds is 13. The van der Waals surface area contributed by atoms with Crippen LogP contribution < -0.4 is 16.0 Å². The Morgan fingerprint density at radius 3 is 1.69 bits per heavy atom. The summed E-state index contributed by atoms with van der Waals surface area (Å²) in [5.74, 6) is 1.86. The molecule has 4 saturated carbocycles. The van der Waals surface area contributed by atoms with Gasteiger partial charge in [0.2, 0.25) is 0 Å². The van der Waals surface area contributed by atoms with Gasteiger partial charge in [0, 0.05) is 48.0 Å². The maximum atomic E-state index is 12.3. The number of ether oxygens (including phenoxy) is 1. The molecule has 6 aromatic rings. The van der Waals surface area contributed by atoms with Crippen LogP contribution in [0.2, 0.25) is 0 Å². The van der Waals surface area contributed by atoms with Crippen LogP contribution in [-0.4, -0.2) is 61.7 Å². The smallest absolute Gasteiger partial charge is 0.410 e. The molecule has 10 nitrogen and oxygen atoms in total. The van der Waals surface area contributed by atoms with Gasteiger partial charge in [0.1, 0.15) is 24.3 Å². The van der Waals surface area contributed by atoms with Gasteiger partial charge in [-0.15, -0.1) is 0 Å². The topological polar surface area (TPSA) is 117 Å². The summed E-state index contributed by atoms with van der Waals surface area (Å²) < 4.78 is 5.26. The van der Waals surface area contributed by atoms with Gasteiger partial charge in [-0.2, -0.15) is 0 Å². The summed E-state index contributed by atoms with van der Waals surface area (Å²) in [6, 6.07) is 32.1. The van der Waals surface area contributed by atoms with Crippen LogP contribution >= 0.6 is 0 Å². The number of nitrogens with one attached hydrogen (secondary N) is 3. The summed E-state index contributed by atoms with van der Waals surface area (Å²) in [5, 5.41) is 12.8. The summed E-state index contributed by atoms with van der Waals surface area (Å²) in [7, 11) is 0. The zero-order chi connectivity index (χ0) is 37.1. The lowest BCUT2D eigenvalue weighted by molar-refractivity contribution is 0.102. The van der Waals surface area contributed by atoms with Gasteiger partial charge in [-0.25, -0.2) is 24.7 Å². The Morgan fingerprint density at radius 1 is 0.636 bits per heavy atom. The van der Waals surface area contributed by atoms with E-state index in [1.165, 1.54) is 55.2 Å². The molecule has 4 fully saturated rings. The van der Waals surface area contributed by atoms with Crippen molar-refractivity contribution in [1.29, 1.82) is 0 Å². The fourth-order valence-corrected chi connectivity index (χ4v) is 6.94. The van der Waals surface area contributed by atoms with Crippen LogP contribution in [0.3, 0.4) is 0 Å². The van der Waals surface area contributed by atoms with Crippen molar-refractivity contribution >= 4 is 39.5 Å². The largest absolute Gasteiger partial charge is 0.450 e. The summed E-state index contributed by atoms with van der Waals surface area (Å²) >= 11 is 0. The molecule has 4 aliphatic carbocycles. The second kappa shape index (κ2) is 15.6. The number of carbonyl (C=O) groups is 1. The number of benzene rings is 4. The van der Waals surface area contributed by atoms with Gasteiger partial charge in [0.05, 0.1) is 17.6 Å². The van der Waals surface area contributed by atoms with Crippen LogP contribution in [0.4, 0.5) is 16.4 Å². The van der Waals surface area contributed by atoms with Crippen molar-refractivity contribution in [2.45, 2.75) is 95.5 Å². The highest BCUT2D eigenvalue weighted by molar-refractivity contribution is 5.93. The summed E-state index contributed by atoms with van der Waals surface area (Å²) in [6.07, 6.45) is 12.7. The minimum atomic E-state index is -0.218. The third-order valence-electron chi connectivity index (χ3n) is 10.6. The van der Waals surface area contributed by atoms with Crippen LogP contribution in [-0.2, 0) is 17.8 Å². The van der Waals surface area contributed by atoms with Crippen molar-refractivity contribution in [2.75, 3.05) is 17.2 Å². The van der Waals surface area contributed by atoms with Gasteiger partial charge < -0.3 is 25.6 Å². The first-order valence-electron chi connectivity index (χ1n) is 19.9. The third-order valence-corrected chi connectivity index (χ3v) is 10.6. The first-order chi connectivity index (χ1) is 27.1. The first-order valence-corrected chi connectivity index (χ1v) is 19.9. The lowest BCUT2D eigenvalue weighted by Crippen LogP contribution is -2.33. The molecule has 0 radical (unpaired) electrons. The number of fused-ring (bicyclic) bond motifs is 2.